The molecule has 1 aromatic rings. The van der Waals surface area contributed by atoms with E-state index >= 15 is 0 Å². The Labute approximate surface area is 91.2 Å². The van der Waals surface area contributed by atoms with Gasteiger partial charge in [-0.25, -0.2) is 0 Å². The van der Waals surface area contributed by atoms with Gasteiger partial charge in [0.2, 0.25) is 0 Å². The van der Waals surface area contributed by atoms with Crippen LogP contribution in [0.3, 0.4) is 0 Å². The summed E-state index contributed by atoms with van der Waals surface area (Å²) in [5, 5.41) is 0. The van der Waals surface area contributed by atoms with Gasteiger partial charge in [0, 0.05) is 0 Å². The normalized spacial score (nSPS) is 24.8. The average Bonchev–Trinajstić information content (AvgIpc) is 2.13. The van der Waals surface area contributed by atoms with E-state index in [2.05, 4.69) is 0 Å². The molecule has 0 amide bonds. The fraction of sp³-hybridized carbons (Fsp3) is 0.455. The molecule has 88 valence electrons. The van der Waals surface area contributed by atoms with E-state index < -0.39 is 17.3 Å². The van der Waals surface area contributed by atoms with Crippen molar-refractivity contribution in [1.82, 2.24) is 0 Å². The minimum Gasteiger partial charge on any atom is -0.491 e. The van der Waals surface area contributed by atoms with Crippen LogP contribution in [0.5, 0.6) is 5.75 Å². The van der Waals surface area contributed by atoms with E-state index in [1.165, 1.54) is 6.07 Å². The summed E-state index contributed by atoms with van der Waals surface area (Å²) in [5.74, 6) is -0.0714. The van der Waals surface area contributed by atoms with E-state index in [1.807, 2.05) is 0 Å². The highest BCUT2D eigenvalue weighted by Gasteiger charge is 2.38. The Morgan fingerprint density at radius 1 is 1.38 bits per heavy atom. The first-order valence-electron chi connectivity index (χ1n) is 4.90. The third kappa shape index (κ3) is 2.00. The second-order valence-electron chi connectivity index (χ2n) is 4.41. The molecule has 0 aromatic heterocycles. The number of fused-ring (bicyclic) bond motifs is 1. The molecule has 0 fully saturated rings. The summed E-state index contributed by atoms with van der Waals surface area (Å²) in [6.07, 6.45) is -3.99. The first-order valence-corrected chi connectivity index (χ1v) is 4.90. The molecule has 2 nitrogen and oxygen atoms in total. The van der Waals surface area contributed by atoms with Crippen LogP contribution in [0.2, 0.25) is 0 Å². The van der Waals surface area contributed by atoms with E-state index in [9.17, 15) is 13.2 Å². The lowest BCUT2D eigenvalue weighted by atomic mass is 9.90. The molecule has 0 saturated heterocycles. The summed E-state index contributed by atoms with van der Waals surface area (Å²) in [6, 6.07) is 4.03. The van der Waals surface area contributed by atoms with Gasteiger partial charge in [-0.1, -0.05) is 12.1 Å². The Kier molecular flexibility index (Phi) is 2.38. The molecule has 1 aliphatic rings. The maximum absolute atomic E-state index is 12.7. The zero-order valence-electron chi connectivity index (χ0n) is 8.77. The van der Waals surface area contributed by atoms with Gasteiger partial charge in [-0.2, -0.15) is 13.2 Å². The SMILES string of the molecule is CC1(N)COc2c(cccc2C(F)(F)F)C1. The van der Waals surface area contributed by atoms with Crippen molar-refractivity contribution in [3.63, 3.8) is 0 Å². The summed E-state index contributed by atoms with van der Waals surface area (Å²) in [6.45, 7) is 1.86. The molecule has 16 heavy (non-hydrogen) atoms. The maximum atomic E-state index is 12.7. The summed E-state index contributed by atoms with van der Waals surface area (Å²) in [7, 11) is 0. The molecule has 0 aliphatic carbocycles. The Morgan fingerprint density at radius 3 is 2.69 bits per heavy atom. The zero-order valence-corrected chi connectivity index (χ0v) is 8.77. The summed E-state index contributed by atoms with van der Waals surface area (Å²) in [4.78, 5) is 0. The molecule has 0 saturated carbocycles. The van der Waals surface area contributed by atoms with E-state index in [0.717, 1.165) is 6.07 Å². The molecule has 1 atom stereocenters. The first-order chi connectivity index (χ1) is 7.30. The summed E-state index contributed by atoms with van der Waals surface area (Å²) in [5.41, 5.74) is 5.04. The number of benzene rings is 1. The van der Waals surface area contributed by atoms with Crippen molar-refractivity contribution >= 4 is 0 Å². The van der Waals surface area contributed by atoms with Gasteiger partial charge in [0.25, 0.3) is 0 Å². The van der Waals surface area contributed by atoms with Crippen LogP contribution in [0.1, 0.15) is 18.1 Å². The fourth-order valence-corrected chi connectivity index (χ4v) is 1.84. The van der Waals surface area contributed by atoms with Crippen LogP contribution >= 0.6 is 0 Å². The van der Waals surface area contributed by atoms with Crippen LogP contribution in [0.15, 0.2) is 18.2 Å². The van der Waals surface area contributed by atoms with Gasteiger partial charge >= 0.3 is 6.18 Å². The van der Waals surface area contributed by atoms with Crippen LogP contribution in [0.4, 0.5) is 13.2 Å². The van der Waals surface area contributed by atoms with E-state index in [0.29, 0.717) is 12.0 Å². The van der Waals surface area contributed by atoms with Gasteiger partial charge in [-0.15, -0.1) is 0 Å². The highest BCUT2D eigenvalue weighted by Crippen LogP contribution is 2.40. The monoisotopic (exact) mass is 231 g/mol. The molecule has 5 heteroatoms. The molecular weight excluding hydrogens is 219 g/mol. The lowest BCUT2D eigenvalue weighted by Gasteiger charge is -2.32. The quantitative estimate of drug-likeness (QED) is 0.743. The molecule has 0 bridgehead atoms. The zero-order chi connectivity index (χ0) is 12.0. The number of halogens is 3. The summed E-state index contributed by atoms with van der Waals surface area (Å²) >= 11 is 0. The lowest BCUT2D eigenvalue weighted by molar-refractivity contribution is -0.139. The fourth-order valence-electron chi connectivity index (χ4n) is 1.84. The predicted molar refractivity (Wildman–Crippen MR) is 53.2 cm³/mol. The van der Waals surface area contributed by atoms with Crippen LogP contribution in [-0.2, 0) is 12.6 Å². The van der Waals surface area contributed by atoms with Gasteiger partial charge in [-0.3, -0.25) is 0 Å². The number of hydrogen-bond acceptors (Lipinski definition) is 2. The highest BCUT2D eigenvalue weighted by atomic mass is 19.4. The first kappa shape index (κ1) is 11.3. The molecule has 1 aliphatic heterocycles. The van der Waals surface area contributed by atoms with E-state index in [4.69, 9.17) is 10.5 Å². The van der Waals surface area contributed by atoms with Crippen molar-refractivity contribution in [2.45, 2.75) is 25.1 Å². The second kappa shape index (κ2) is 3.38. The smallest absolute Gasteiger partial charge is 0.419 e. The molecular formula is C11H12F3NO. The highest BCUT2D eigenvalue weighted by molar-refractivity contribution is 5.45. The molecule has 2 rings (SSSR count). The molecule has 2 N–H and O–H groups in total. The molecule has 1 aromatic carbocycles. The number of rotatable bonds is 0. The number of nitrogens with two attached hydrogens (primary N) is 1. The third-order valence-corrected chi connectivity index (χ3v) is 2.54. The van der Waals surface area contributed by atoms with Crippen LogP contribution < -0.4 is 10.5 Å². The Hall–Kier alpha value is -1.23. The predicted octanol–water partition coefficient (Wildman–Crippen LogP) is 2.36. The summed E-state index contributed by atoms with van der Waals surface area (Å²) < 4.78 is 43.1. The molecule has 1 unspecified atom stereocenters. The number of ether oxygens (including phenoxy) is 1. The maximum Gasteiger partial charge on any atom is 0.419 e. The van der Waals surface area contributed by atoms with Crippen molar-refractivity contribution in [3.8, 4) is 5.75 Å². The minimum atomic E-state index is -4.38. The van der Waals surface area contributed by atoms with Gasteiger partial charge in [0.15, 0.2) is 0 Å². The van der Waals surface area contributed by atoms with Crippen LogP contribution in [0.25, 0.3) is 0 Å². The minimum absolute atomic E-state index is 0.0714. The van der Waals surface area contributed by atoms with Crippen molar-refractivity contribution in [2.24, 2.45) is 5.73 Å². The molecule has 0 radical (unpaired) electrons. The Balaban J connectivity index is 2.47. The molecule has 1 heterocycles. The van der Waals surface area contributed by atoms with Crippen molar-refractivity contribution in [2.75, 3.05) is 6.61 Å². The lowest BCUT2D eigenvalue weighted by Crippen LogP contribution is -2.47. The van der Waals surface area contributed by atoms with Crippen molar-refractivity contribution in [3.05, 3.63) is 29.3 Å². The van der Waals surface area contributed by atoms with Gasteiger partial charge < -0.3 is 10.5 Å². The van der Waals surface area contributed by atoms with Gasteiger partial charge in [0.1, 0.15) is 12.4 Å². The standard InChI is InChI=1S/C11H12F3NO/c1-10(15)5-7-3-2-4-8(11(12,13)14)9(7)16-6-10/h2-4H,5-6,15H2,1H3. The largest absolute Gasteiger partial charge is 0.491 e. The van der Waals surface area contributed by atoms with Crippen LogP contribution in [-0.4, -0.2) is 12.1 Å². The van der Waals surface area contributed by atoms with Crippen molar-refractivity contribution in [1.29, 1.82) is 0 Å². The Bertz CT molecular complexity index is 412. The number of alkyl halides is 3. The van der Waals surface area contributed by atoms with Crippen molar-refractivity contribution < 1.29 is 17.9 Å². The second-order valence-corrected chi connectivity index (χ2v) is 4.41. The third-order valence-electron chi connectivity index (χ3n) is 2.54. The number of para-hydroxylation sites is 1. The van der Waals surface area contributed by atoms with E-state index in [-0.39, 0.29) is 12.4 Å². The van der Waals surface area contributed by atoms with E-state index in [1.54, 1.807) is 13.0 Å². The van der Waals surface area contributed by atoms with Gasteiger partial charge in [0.05, 0.1) is 11.1 Å². The topological polar surface area (TPSA) is 35.2 Å². The Morgan fingerprint density at radius 2 is 2.06 bits per heavy atom. The van der Waals surface area contributed by atoms with Crippen LogP contribution in [0, 0.1) is 0 Å². The average molecular weight is 231 g/mol. The van der Waals surface area contributed by atoms with Gasteiger partial charge in [-0.05, 0) is 25.0 Å². The molecule has 0 spiro atoms. The number of hydrogen-bond donors (Lipinski definition) is 1.